The average molecular weight is 489 g/mol. The second-order valence-corrected chi connectivity index (χ2v) is 8.58. The molecule has 0 bridgehead atoms. The maximum Gasteiger partial charge on any atom is 0.324 e. The third kappa shape index (κ3) is 4.43. The monoisotopic (exact) mass is 488 g/mol. The summed E-state index contributed by atoms with van der Waals surface area (Å²) in [5, 5.41) is 6.48. The van der Waals surface area contributed by atoms with Crippen molar-refractivity contribution in [2.75, 3.05) is 31.1 Å². The third-order valence-electron chi connectivity index (χ3n) is 5.57. The SMILES string of the molecule is O=C(/C=C/c1ccc(Br)cc1)N1CCN(c2nc(-c3ccc4ccccc4c3)no2)CC1. The maximum atomic E-state index is 12.5. The highest BCUT2D eigenvalue weighted by Crippen LogP contribution is 2.24. The molecule has 0 aliphatic carbocycles. The van der Waals surface area contributed by atoms with Crippen molar-refractivity contribution in [1.82, 2.24) is 15.0 Å². The van der Waals surface area contributed by atoms with Crippen LogP contribution in [-0.2, 0) is 4.79 Å². The molecule has 0 radical (unpaired) electrons. The van der Waals surface area contributed by atoms with Crippen molar-refractivity contribution in [2.24, 2.45) is 0 Å². The summed E-state index contributed by atoms with van der Waals surface area (Å²) in [4.78, 5) is 21.0. The molecule has 160 valence electrons. The molecule has 1 aliphatic rings. The van der Waals surface area contributed by atoms with Crippen LogP contribution >= 0.6 is 15.9 Å². The number of anilines is 1. The minimum Gasteiger partial charge on any atom is -0.336 e. The summed E-state index contributed by atoms with van der Waals surface area (Å²) in [7, 11) is 0. The van der Waals surface area contributed by atoms with Gasteiger partial charge in [0.15, 0.2) is 0 Å². The number of carbonyl (C=O) groups is 1. The molecule has 1 fully saturated rings. The van der Waals surface area contributed by atoms with E-state index < -0.39 is 0 Å². The third-order valence-corrected chi connectivity index (χ3v) is 6.10. The quantitative estimate of drug-likeness (QED) is 0.377. The number of halogens is 1. The lowest BCUT2D eigenvalue weighted by atomic mass is 10.1. The van der Waals surface area contributed by atoms with Crippen LogP contribution in [0.3, 0.4) is 0 Å². The van der Waals surface area contributed by atoms with Crippen LogP contribution in [0.4, 0.5) is 6.01 Å². The summed E-state index contributed by atoms with van der Waals surface area (Å²) in [5.41, 5.74) is 1.91. The first kappa shape index (κ1) is 20.5. The molecule has 0 unspecified atom stereocenters. The zero-order chi connectivity index (χ0) is 21.9. The fourth-order valence-electron chi connectivity index (χ4n) is 3.75. The Kier molecular flexibility index (Phi) is 5.73. The Morgan fingerprint density at radius 2 is 1.69 bits per heavy atom. The van der Waals surface area contributed by atoms with Crippen LogP contribution in [0.15, 0.2) is 81.8 Å². The van der Waals surface area contributed by atoms with E-state index in [0.717, 1.165) is 21.0 Å². The van der Waals surface area contributed by atoms with Gasteiger partial charge in [0.1, 0.15) is 0 Å². The molecule has 0 N–H and O–H groups in total. The van der Waals surface area contributed by atoms with E-state index in [-0.39, 0.29) is 5.91 Å². The largest absolute Gasteiger partial charge is 0.336 e. The first-order valence-electron chi connectivity index (χ1n) is 10.5. The van der Waals surface area contributed by atoms with Gasteiger partial charge in [0.2, 0.25) is 11.7 Å². The van der Waals surface area contributed by atoms with Crippen molar-refractivity contribution >= 4 is 44.7 Å². The van der Waals surface area contributed by atoms with Gasteiger partial charge < -0.3 is 14.3 Å². The van der Waals surface area contributed by atoms with Crippen molar-refractivity contribution in [3.05, 3.63) is 82.8 Å². The number of hydrogen-bond donors (Lipinski definition) is 0. The number of rotatable bonds is 4. The van der Waals surface area contributed by atoms with Gasteiger partial charge in [-0.15, -0.1) is 0 Å². The summed E-state index contributed by atoms with van der Waals surface area (Å²) in [6.45, 7) is 2.52. The molecule has 0 atom stereocenters. The molecule has 6 nitrogen and oxygen atoms in total. The molecule has 32 heavy (non-hydrogen) atoms. The molecule has 5 rings (SSSR count). The van der Waals surface area contributed by atoms with Gasteiger partial charge in [-0.05, 0) is 40.6 Å². The molecule has 0 spiro atoms. The summed E-state index contributed by atoms with van der Waals surface area (Å²) in [6, 6.07) is 22.7. The highest BCUT2D eigenvalue weighted by molar-refractivity contribution is 9.10. The van der Waals surface area contributed by atoms with Gasteiger partial charge in [-0.2, -0.15) is 4.98 Å². The van der Waals surface area contributed by atoms with Crippen LogP contribution in [0.5, 0.6) is 0 Å². The normalized spacial score (nSPS) is 14.4. The Morgan fingerprint density at radius 1 is 0.938 bits per heavy atom. The zero-order valence-electron chi connectivity index (χ0n) is 17.3. The highest BCUT2D eigenvalue weighted by Gasteiger charge is 2.23. The summed E-state index contributed by atoms with van der Waals surface area (Å²) >= 11 is 3.42. The van der Waals surface area contributed by atoms with Crippen molar-refractivity contribution in [2.45, 2.75) is 0 Å². The van der Waals surface area contributed by atoms with Crippen molar-refractivity contribution in [3.8, 4) is 11.4 Å². The highest BCUT2D eigenvalue weighted by atomic mass is 79.9. The van der Waals surface area contributed by atoms with Crippen LogP contribution in [0.25, 0.3) is 28.2 Å². The Bertz CT molecular complexity index is 1270. The number of aromatic nitrogens is 2. The Hall–Kier alpha value is -3.45. The molecule has 1 amide bonds. The molecular weight excluding hydrogens is 468 g/mol. The molecule has 2 heterocycles. The van der Waals surface area contributed by atoms with Gasteiger partial charge in [0.05, 0.1) is 0 Å². The van der Waals surface area contributed by atoms with E-state index >= 15 is 0 Å². The maximum absolute atomic E-state index is 12.5. The van der Waals surface area contributed by atoms with Crippen molar-refractivity contribution < 1.29 is 9.32 Å². The average Bonchev–Trinajstić information content (AvgIpc) is 3.34. The minimum atomic E-state index is 0.00921. The first-order chi connectivity index (χ1) is 15.7. The van der Waals surface area contributed by atoms with Gasteiger partial charge in [0, 0.05) is 42.3 Å². The van der Waals surface area contributed by atoms with Gasteiger partial charge in [-0.3, -0.25) is 4.79 Å². The lowest BCUT2D eigenvalue weighted by Crippen LogP contribution is -2.48. The van der Waals surface area contributed by atoms with Crippen LogP contribution < -0.4 is 4.90 Å². The number of fused-ring (bicyclic) bond motifs is 1. The standard InChI is InChI=1S/C25H21BrN4O2/c26-22-10-5-18(6-11-22)7-12-23(31)29-13-15-30(16-14-29)25-27-24(28-32-25)21-9-8-19-3-1-2-4-20(19)17-21/h1-12,17H,13-16H2/b12-7+. The fourth-order valence-corrected chi connectivity index (χ4v) is 4.02. The summed E-state index contributed by atoms with van der Waals surface area (Å²) in [6.07, 6.45) is 3.47. The smallest absolute Gasteiger partial charge is 0.324 e. The number of amides is 1. The second-order valence-electron chi connectivity index (χ2n) is 7.66. The topological polar surface area (TPSA) is 62.5 Å². The number of piperazine rings is 1. The van der Waals surface area contributed by atoms with E-state index in [1.165, 1.54) is 5.39 Å². The number of nitrogens with zero attached hydrogens (tertiary/aromatic N) is 4. The number of carbonyl (C=O) groups excluding carboxylic acids is 1. The molecule has 3 aromatic carbocycles. The Balaban J connectivity index is 1.21. The van der Waals surface area contributed by atoms with Gasteiger partial charge >= 0.3 is 6.01 Å². The predicted molar refractivity (Wildman–Crippen MR) is 129 cm³/mol. The first-order valence-corrected chi connectivity index (χ1v) is 11.3. The molecule has 1 aliphatic heterocycles. The molecular formula is C25H21BrN4O2. The lowest BCUT2D eigenvalue weighted by molar-refractivity contribution is -0.126. The van der Waals surface area contributed by atoms with E-state index in [1.807, 2.05) is 58.3 Å². The molecule has 0 saturated carbocycles. The van der Waals surface area contributed by atoms with Crippen LogP contribution in [0.2, 0.25) is 0 Å². The van der Waals surface area contributed by atoms with Gasteiger partial charge in [0.25, 0.3) is 0 Å². The molecule has 7 heteroatoms. The number of hydrogen-bond acceptors (Lipinski definition) is 5. The van der Waals surface area contributed by atoms with E-state index in [2.05, 4.69) is 50.3 Å². The lowest BCUT2D eigenvalue weighted by Gasteiger charge is -2.32. The van der Waals surface area contributed by atoms with Gasteiger partial charge in [-0.25, -0.2) is 0 Å². The van der Waals surface area contributed by atoms with Gasteiger partial charge in [-0.1, -0.05) is 69.6 Å². The van der Waals surface area contributed by atoms with E-state index in [0.29, 0.717) is 38.0 Å². The van der Waals surface area contributed by atoms with Crippen molar-refractivity contribution in [1.29, 1.82) is 0 Å². The van der Waals surface area contributed by atoms with E-state index in [1.54, 1.807) is 6.08 Å². The Morgan fingerprint density at radius 3 is 2.47 bits per heavy atom. The zero-order valence-corrected chi connectivity index (χ0v) is 18.9. The molecule has 1 aromatic heterocycles. The van der Waals surface area contributed by atoms with Crippen LogP contribution in [0.1, 0.15) is 5.56 Å². The van der Waals surface area contributed by atoms with E-state index in [4.69, 9.17) is 4.52 Å². The van der Waals surface area contributed by atoms with Crippen LogP contribution in [0, 0.1) is 0 Å². The molecule has 1 saturated heterocycles. The number of benzene rings is 3. The van der Waals surface area contributed by atoms with Crippen LogP contribution in [-0.4, -0.2) is 47.1 Å². The molecule has 4 aromatic rings. The second kappa shape index (κ2) is 8.96. The predicted octanol–water partition coefficient (Wildman–Crippen LogP) is 5.01. The van der Waals surface area contributed by atoms with Crippen molar-refractivity contribution in [3.63, 3.8) is 0 Å². The fraction of sp³-hybridized carbons (Fsp3) is 0.160. The Labute approximate surface area is 194 Å². The summed E-state index contributed by atoms with van der Waals surface area (Å²) < 4.78 is 6.54. The van der Waals surface area contributed by atoms with E-state index in [9.17, 15) is 4.79 Å². The minimum absolute atomic E-state index is 0.00921. The summed E-state index contributed by atoms with van der Waals surface area (Å²) in [5.74, 6) is 0.580.